The molecule has 26 heavy (non-hydrogen) atoms. The summed E-state index contributed by atoms with van der Waals surface area (Å²) in [4.78, 5) is 2.34. The van der Waals surface area contributed by atoms with E-state index in [-0.39, 0.29) is 10.4 Å². The number of aromatic nitrogens is 3. The molecule has 3 N–H and O–H groups in total. The van der Waals surface area contributed by atoms with E-state index in [0.29, 0.717) is 22.7 Å². The molecule has 11 heteroatoms. The molecule has 0 spiro atoms. The number of benzene rings is 1. The predicted octanol–water partition coefficient (Wildman–Crippen LogP) is 1.89. The number of alkyl halides is 2. The molecule has 0 atom stereocenters. The Labute approximate surface area is 146 Å². The molecule has 8 nitrogen and oxygen atoms in total. The third-order valence-electron chi connectivity index (χ3n) is 3.80. The second-order valence-electron chi connectivity index (χ2n) is 5.54. The maximum absolute atomic E-state index is 13.4. The topological polar surface area (TPSA) is 124 Å². The molecule has 1 aromatic carbocycles. The van der Waals surface area contributed by atoms with Crippen molar-refractivity contribution in [2.45, 2.75) is 17.9 Å². The average Bonchev–Trinajstić information content (AvgIpc) is 3.25. The van der Waals surface area contributed by atoms with Crippen LogP contribution in [0.25, 0.3) is 10.9 Å². The average molecular weight is 381 g/mol. The molecule has 0 amide bonds. The van der Waals surface area contributed by atoms with Gasteiger partial charge in [0.15, 0.2) is 0 Å². The number of nitrogens with one attached hydrogen (secondary N) is 2. The van der Waals surface area contributed by atoms with E-state index in [1.807, 2.05) is 6.07 Å². The number of nitriles is 1. The zero-order valence-electron chi connectivity index (χ0n) is 13.4. The molecule has 2 heterocycles. The first-order chi connectivity index (χ1) is 12.2. The van der Waals surface area contributed by atoms with Crippen LogP contribution >= 0.6 is 0 Å². The first-order valence-corrected chi connectivity index (χ1v) is 8.75. The van der Waals surface area contributed by atoms with Crippen molar-refractivity contribution in [1.82, 2.24) is 14.8 Å². The summed E-state index contributed by atoms with van der Waals surface area (Å²) in [7, 11) is -4.21. The number of hydrogen-bond acceptors (Lipinski definition) is 5. The van der Waals surface area contributed by atoms with Gasteiger partial charge in [-0.1, -0.05) is 6.07 Å². The van der Waals surface area contributed by atoms with Crippen molar-refractivity contribution in [3.63, 3.8) is 0 Å². The van der Waals surface area contributed by atoms with Gasteiger partial charge in [-0.2, -0.15) is 19.1 Å². The number of sulfonamides is 1. The van der Waals surface area contributed by atoms with Crippen molar-refractivity contribution in [3.05, 3.63) is 41.9 Å². The Morgan fingerprint density at radius 3 is 2.85 bits per heavy atom. The number of nitrogens with zero attached hydrogens (tertiary/aromatic N) is 3. The molecule has 0 aliphatic heterocycles. The smallest absolute Gasteiger partial charge is 0.366 e. The number of anilines is 1. The third-order valence-corrected chi connectivity index (χ3v) is 5.12. The first kappa shape index (κ1) is 17.8. The van der Waals surface area contributed by atoms with E-state index in [4.69, 9.17) is 10.4 Å². The van der Waals surface area contributed by atoms with Crippen LogP contribution in [-0.4, -0.2) is 34.9 Å². The zero-order chi connectivity index (χ0) is 19.1. The van der Waals surface area contributed by atoms with Gasteiger partial charge in [0.05, 0.1) is 29.2 Å². The Kier molecular flexibility index (Phi) is 4.17. The fourth-order valence-electron chi connectivity index (χ4n) is 2.49. The van der Waals surface area contributed by atoms with E-state index < -0.39 is 27.6 Å². The molecule has 3 rings (SSSR count). The standard InChI is InChI=1S/C15H13F2N5O3S/c1-9-2-3-12(14-13(9)10(4-18)5-19-14)21-26(24,25)11-6-20-22(7-11)15(16,17)8-23/h2-3,5-7,19,21,23H,8H2,1H3. The summed E-state index contributed by atoms with van der Waals surface area (Å²) >= 11 is 0. The lowest BCUT2D eigenvalue weighted by atomic mass is 10.1. The summed E-state index contributed by atoms with van der Waals surface area (Å²) in [6, 6.07) is 1.43. The van der Waals surface area contributed by atoms with Crippen LogP contribution in [0.1, 0.15) is 11.1 Å². The van der Waals surface area contributed by atoms with E-state index in [2.05, 4.69) is 14.8 Å². The van der Waals surface area contributed by atoms with Crippen LogP contribution in [0.15, 0.2) is 35.6 Å². The molecule has 0 bridgehead atoms. The second-order valence-corrected chi connectivity index (χ2v) is 7.23. The Morgan fingerprint density at radius 2 is 2.19 bits per heavy atom. The Hall–Kier alpha value is -2.97. The van der Waals surface area contributed by atoms with Crippen molar-refractivity contribution < 1.29 is 22.3 Å². The highest BCUT2D eigenvalue weighted by Gasteiger charge is 2.32. The van der Waals surface area contributed by atoms with Crippen LogP contribution in [-0.2, 0) is 16.1 Å². The van der Waals surface area contributed by atoms with Crippen LogP contribution < -0.4 is 4.72 Å². The van der Waals surface area contributed by atoms with Gasteiger partial charge in [0.1, 0.15) is 17.6 Å². The van der Waals surface area contributed by atoms with Gasteiger partial charge in [-0.05, 0) is 18.6 Å². The summed E-state index contributed by atoms with van der Waals surface area (Å²) in [5, 5.41) is 21.7. The number of aliphatic hydroxyl groups excluding tert-OH is 1. The zero-order valence-corrected chi connectivity index (χ0v) is 14.2. The van der Waals surface area contributed by atoms with E-state index in [9.17, 15) is 17.2 Å². The second kappa shape index (κ2) is 6.08. The molecule has 0 saturated heterocycles. The first-order valence-electron chi connectivity index (χ1n) is 7.27. The molecule has 0 fully saturated rings. The number of fused-ring (bicyclic) bond motifs is 1. The number of rotatable bonds is 5. The van der Waals surface area contributed by atoms with E-state index in [0.717, 1.165) is 11.8 Å². The Balaban J connectivity index is 2.01. The molecular weight excluding hydrogens is 368 g/mol. The van der Waals surface area contributed by atoms with E-state index in [1.165, 1.54) is 12.3 Å². The van der Waals surface area contributed by atoms with Gasteiger partial charge in [0, 0.05) is 11.6 Å². The van der Waals surface area contributed by atoms with E-state index in [1.54, 1.807) is 13.0 Å². The number of aromatic amines is 1. The molecule has 0 aliphatic carbocycles. The highest BCUT2D eigenvalue weighted by molar-refractivity contribution is 7.92. The van der Waals surface area contributed by atoms with Crippen LogP contribution in [0.4, 0.5) is 14.5 Å². The number of aryl methyl sites for hydroxylation is 1. The maximum atomic E-state index is 13.4. The van der Waals surface area contributed by atoms with Crippen molar-refractivity contribution in [2.24, 2.45) is 0 Å². The molecule has 0 unspecified atom stereocenters. The van der Waals surface area contributed by atoms with Crippen LogP contribution in [0, 0.1) is 18.3 Å². The number of halogens is 2. The van der Waals surface area contributed by atoms with E-state index >= 15 is 0 Å². The summed E-state index contributed by atoms with van der Waals surface area (Å²) in [5.74, 6) is 0. The fraction of sp³-hybridized carbons (Fsp3) is 0.200. The Morgan fingerprint density at radius 1 is 1.46 bits per heavy atom. The SMILES string of the molecule is Cc1ccc(NS(=O)(=O)c2cnn(C(F)(F)CO)c2)c2[nH]cc(C#N)c12. The monoisotopic (exact) mass is 381 g/mol. The summed E-state index contributed by atoms with van der Waals surface area (Å²) in [6.07, 6.45) is 2.83. The van der Waals surface area contributed by atoms with Gasteiger partial charge in [-0.15, -0.1) is 0 Å². The lowest BCUT2D eigenvalue weighted by Gasteiger charge is -2.12. The molecule has 2 aromatic heterocycles. The minimum absolute atomic E-state index is 0.0781. The van der Waals surface area contributed by atoms with Gasteiger partial charge >= 0.3 is 6.05 Å². The normalized spacial score (nSPS) is 12.3. The van der Waals surface area contributed by atoms with Crippen LogP contribution in [0.5, 0.6) is 0 Å². The van der Waals surface area contributed by atoms with Gasteiger partial charge in [-0.3, -0.25) is 4.72 Å². The van der Waals surface area contributed by atoms with Gasteiger partial charge in [0.25, 0.3) is 10.0 Å². The fourth-order valence-corrected chi connectivity index (χ4v) is 3.50. The third kappa shape index (κ3) is 2.89. The summed E-state index contributed by atoms with van der Waals surface area (Å²) in [5.41, 5.74) is 1.69. The lowest BCUT2D eigenvalue weighted by Crippen LogP contribution is -2.27. The minimum atomic E-state index is -4.21. The number of aliphatic hydroxyl groups is 1. The maximum Gasteiger partial charge on any atom is 0.366 e. The van der Waals surface area contributed by atoms with Crippen molar-refractivity contribution in [2.75, 3.05) is 11.3 Å². The number of hydrogen-bond donors (Lipinski definition) is 3. The minimum Gasteiger partial charge on any atom is -0.388 e. The van der Waals surface area contributed by atoms with Gasteiger partial charge in [-0.25, -0.2) is 13.1 Å². The summed E-state index contributed by atoms with van der Waals surface area (Å²) < 4.78 is 54.2. The molecule has 3 aromatic rings. The number of H-pyrrole nitrogens is 1. The van der Waals surface area contributed by atoms with Crippen molar-refractivity contribution >= 4 is 26.6 Å². The molecule has 136 valence electrons. The largest absolute Gasteiger partial charge is 0.388 e. The molecule has 0 saturated carbocycles. The molecule has 0 radical (unpaired) electrons. The Bertz CT molecular complexity index is 1130. The summed E-state index contributed by atoms with van der Waals surface area (Å²) in [6.45, 7) is 0.260. The molecular formula is C15H13F2N5O3S. The van der Waals surface area contributed by atoms with Gasteiger partial charge in [0.2, 0.25) is 0 Å². The predicted molar refractivity (Wildman–Crippen MR) is 88.1 cm³/mol. The van der Waals surface area contributed by atoms with Crippen molar-refractivity contribution in [3.8, 4) is 6.07 Å². The lowest BCUT2D eigenvalue weighted by molar-refractivity contribution is -0.130. The quantitative estimate of drug-likeness (QED) is 0.623. The van der Waals surface area contributed by atoms with Crippen LogP contribution in [0.2, 0.25) is 0 Å². The van der Waals surface area contributed by atoms with Crippen molar-refractivity contribution in [1.29, 1.82) is 5.26 Å². The highest BCUT2D eigenvalue weighted by atomic mass is 32.2. The van der Waals surface area contributed by atoms with Gasteiger partial charge < -0.3 is 10.1 Å². The highest BCUT2D eigenvalue weighted by Crippen LogP contribution is 2.30. The van der Waals surface area contributed by atoms with Crippen LogP contribution in [0.3, 0.4) is 0 Å². The molecule has 0 aliphatic rings.